The third-order valence-corrected chi connectivity index (χ3v) is 1.94. The minimum Gasteiger partial charge on any atom is -0.392 e. The Morgan fingerprint density at radius 3 is 2.50 bits per heavy atom. The quantitative estimate of drug-likeness (QED) is 0.687. The first-order valence-corrected chi connectivity index (χ1v) is 5.12. The molecule has 0 saturated carbocycles. The van der Waals surface area contributed by atoms with E-state index in [2.05, 4.69) is 10.6 Å². The highest BCUT2D eigenvalue weighted by molar-refractivity contribution is 6.39. The molecule has 1 rings (SSSR count). The summed E-state index contributed by atoms with van der Waals surface area (Å²) in [5.74, 6) is -4.17. The second-order valence-electron chi connectivity index (χ2n) is 3.64. The van der Waals surface area contributed by atoms with Crippen LogP contribution in [0.4, 0.5) is 14.5 Å². The average Bonchev–Trinajstić information content (AvgIpc) is 2.30. The van der Waals surface area contributed by atoms with Gasteiger partial charge in [0, 0.05) is 18.3 Å². The van der Waals surface area contributed by atoms with Gasteiger partial charge in [0.25, 0.3) is 0 Å². The molecule has 18 heavy (non-hydrogen) atoms. The molecule has 1 aromatic carbocycles. The lowest BCUT2D eigenvalue weighted by Crippen LogP contribution is -2.38. The molecule has 0 aliphatic carbocycles. The van der Waals surface area contributed by atoms with Crippen LogP contribution in [-0.4, -0.2) is 29.6 Å². The lowest BCUT2D eigenvalue weighted by Gasteiger charge is -2.07. The first-order chi connectivity index (χ1) is 8.40. The number of aliphatic hydroxyl groups is 1. The van der Waals surface area contributed by atoms with Crippen LogP contribution in [-0.2, 0) is 9.59 Å². The van der Waals surface area contributed by atoms with E-state index in [-0.39, 0.29) is 12.2 Å². The fraction of sp³-hybridized carbons (Fsp3) is 0.273. The van der Waals surface area contributed by atoms with Crippen LogP contribution in [0.15, 0.2) is 18.2 Å². The predicted molar refractivity (Wildman–Crippen MR) is 59.7 cm³/mol. The van der Waals surface area contributed by atoms with Crippen LogP contribution < -0.4 is 10.6 Å². The summed E-state index contributed by atoms with van der Waals surface area (Å²) in [6.45, 7) is 1.36. The summed E-state index contributed by atoms with van der Waals surface area (Å²) in [7, 11) is 0. The second-order valence-corrected chi connectivity index (χ2v) is 3.64. The maximum absolute atomic E-state index is 12.8. The zero-order valence-electron chi connectivity index (χ0n) is 9.54. The van der Waals surface area contributed by atoms with Crippen molar-refractivity contribution in [3.8, 4) is 0 Å². The van der Waals surface area contributed by atoms with E-state index in [1.54, 1.807) is 0 Å². The third kappa shape index (κ3) is 4.10. The Hall–Kier alpha value is -2.02. The van der Waals surface area contributed by atoms with Crippen LogP contribution in [0, 0.1) is 11.6 Å². The molecule has 0 fully saturated rings. The molecule has 0 saturated heterocycles. The molecule has 1 atom stereocenters. The van der Waals surface area contributed by atoms with Crippen LogP contribution in [0.25, 0.3) is 0 Å². The second kappa shape index (κ2) is 6.06. The lowest BCUT2D eigenvalue weighted by molar-refractivity contribution is -0.136. The SMILES string of the molecule is CC(O)CNC(=O)C(=O)Nc1ccc(F)c(F)c1. The number of rotatable bonds is 3. The number of anilines is 1. The summed E-state index contributed by atoms with van der Waals surface area (Å²) >= 11 is 0. The van der Waals surface area contributed by atoms with Crippen molar-refractivity contribution >= 4 is 17.5 Å². The molecule has 0 aliphatic heterocycles. The van der Waals surface area contributed by atoms with Gasteiger partial charge in [-0.05, 0) is 19.1 Å². The summed E-state index contributed by atoms with van der Waals surface area (Å²) in [5, 5.41) is 13.2. The lowest BCUT2D eigenvalue weighted by atomic mass is 10.3. The number of carbonyl (C=O) groups is 2. The van der Waals surface area contributed by atoms with Crippen molar-refractivity contribution in [3.05, 3.63) is 29.8 Å². The molecule has 0 aromatic heterocycles. The fourth-order valence-corrected chi connectivity index (χ4v) is 1.08. The Balaban J connectivity index is 2.58. The van der Waals surface area contributed by atoms with Crippen molar-refractivity contribution in [1.29, 1.82) is 0 Å². The van der Waals surface area contributed by atoms with Gasteiger partial charge in [-0.3, -0.25) is 9.59 Å². The van der Waals surface area contributed by atoms with Gasteiger partial charge in [0.15, 0.2) is 11.6 Å². The number of aliphatic hydroxyl groups excluding tert-OH is 1. The number of hydrogen-bond donors (Lipinski definition) is 3. The molecule has 2 amide bonds. The van der Waals surface area contributed by atoms with E-state index in [1.165, 1.54) is 6.92 Å². The molecule has 1 unspecified atom stereocenters. The number of nitrogens with one attached hydrogen (secondary N) is 2. The van der Waals surface area contributed by atoms with Gasteiger partial charge >= 0.3 is 11.8 Å². The van der Waals surface area contributed by atoms with Crippen molar-refractivity contribution in [1.82, 2.24) is 5.32 Å². The first kappa shape index (κ1) is 14.0. The summed E-state index contributed by atoms with van der Waals surface area (Å²) in [6.07, 6.45) is -0.787. The molecule has 0 bridgehead atoms. The third-order valence-electron chi connectivity index (χ3n) is 1.94. The molecule has 3 N–H and O–H groups in total. The van der Waals surface area contributed by atoms with Crippen LogP contribution in [0.2, 0.25) is 0 Å². The summed E-state index contributed by atoms with van der Waals surface area (Å²) in [5.41, 5.74) is -0.0360. The summed E-state index contributed by atoms with van der Waals surface area (Å²) < 4.78 is 25.4. The molecule has 0 radical (unpaired) electrons. The molecule has 0 aliphatic rings. The molecular weight excluding hydrogens is 246 g/mol. The monoisotopic (exact) mass is 258 g/mol. The van der Waals surface area contributed by atoms with Crippen molar-refractivity contribution in [3.63, 3.8) is 0 Å². The largest absolute Gasteiger partial charge is 0.392 e. The van der Waals surface area contributed by atoms with E-state index in [0.29, 0.717) is 0 Å². The normalized spacial score (nSPS) is 11.8. The maximum Gasteiger partial charge on any atom is 0.313 e. The van der Waals surface area contributed by atoms with Crippen molar-refractivity contribution in [2.45, 2.75) is 13.0 Å². The Morgan fingerprint density at radius 2 is 1.94 bits per heavy atom. The fourth-order valence-electron chi connectivity index (χ4n) is 1.08. The van der Waals surface area contributed by atoms with E-state index in [1.807, 2.05) is 0 Å². The topological polar surface area (TPSA) is 78.4 Å². The Morgan fingerprint density at radius 1 is 1.28 bits per heavy atom. The zero-order valence-corrected chi connectivity index (χ0v) is 9.54. The van der Waals surface area contributed by atoms with Crippen LogP contribution in [0.3, 0.4) is 0 Å². The first-order valence-electron chi connectivity index (χ1n) is 5.12. The predicted octanol–water partition coefficient (Wildman–Crippen LogP) is 0.400. The number of amides is 2. The van der Waals surface area contributed by atoms with Gasteiger partial charge in [0.2, 0.25) is 0 Å². The van der Waals surface area contributed by atoms with Crippen molar-refractivity contribution < 1.29 is 23.5 Å². The number of hydrogen-bond acceptors (Lipinski definition) is 3. The zero-order chi connectivity index (χ0) is 13.7. The van der Waals surface area contributed by atoms with Crippen molar-refractivity contribution in [2.75, 3.05) is 11.9 Å². The highest BCUT2D eigenvalue weighted by Crippen LogP contribution is 2.12. The number of halogens is 2. The average molecular weight is 258 g/mol. The Labute approximate surface area is 102 Å². The highest BCUT2D eigenvalue weighted by atomic mass is 19.2. The van der Waals surface area contributed by atoms with Crippen LogP contribution in [0.5, 0.6) is 0 Å². The van der Waals surface area contributed by atoms with Gasteiger partial charge in [-0.1, -0.05) is 0 Å². The highest BCUT2D eigenvalue weighted by Gasteiger charge is 2.14. The van der Waals surface area contributed by atoms with Crippen LogP contribution in [0.1, 0.15) is 6.92 Å². The molecule has 5 nitrogen and oxygen atoms in total. The number of benzene rings is 1. The smallest absolute Gasteiger partial charge is 0.313 e. The number of carbonyl (C=O) groups excluding carboxylic acids is 2. The van der Waals surface area contributed by atoms with Gasteiger partial charge in [0.1, 0.15) is 0 Å². The van der Waals surface area contributed by atoms with E-state index < -0.39 is 29.6 Å². The molecular formula is C11H12F2N2O3. The van der Waals surface area contributed by atoms with E-state index in [0.717, 1.165) is 18.2 Å². The Bertz CT molecular complexity index is 464. The minimum absolute atomic E-state index is 0.0360. The van der Waals surface area contributed by atoms with Gasteiger partial charge < -0.3 is 15.7 Å². The summed E-state index contributed by atoms with van der Waals surface area (Å²) in [6, 6.07) is 2.71. The molecule has 7 heteroatoms. The molecule has 0 heterocycles. The van der Waals surface area contributed by atoms with Gasteiger partial charge in [0.05, 0.1) is 6.10 Å². The molecule has 1 aromatic rings. The van der Waals surface area contributed by atoms with Crippen molar-refractivity contribution in [2.24, 2.45) is 0 Å². The van der Waals surface area contributed by atoms with E-state index in [9.17, 15) is 18.4 Å². The van der Waals surface area contributed by atoms with Gasteiger partial charge in [-0.2, -0.15) is 0 Å². The van der Waals surface area contributed by atoms with E-state index in [4.69, 9.17) is 5.11 Å². The standard InChI is InChI=1S/C11H12F2N2O3/c1-6(16)5-14-10(17)11(18)15-7-2-3-8(12)9(13)4-7/h2-4,6,16H,5H2,1H3,(H,14,17)(H,15,18). The summed E-state index contributed by atoms with van der Waals surface area (Å²) in [4.78, 5) is 22.5. The molecule has 0 spiro atoms. The Kier molecular flexibility index (Phi) is 4.73. The maximum atomic E-state index is 12.8. The van der Waals surface area contributed by atoms with Gasteiger partial charge in [-0.25, -0.2) is 8.78 Å². The van der Waals surface area contributed by atoms with E-state index >= 15 is 0 Å². The minimum atomic E-state index is -1.13. The molecule has 98 valence electrons. The van der Waals surface area contributed by atoms with Gasteiger partial charge in [-0.15, -0.1) is 0 Å². The van der Waals surface area contributed by atoms with Crippen LogP contribution >= 0.6 is 0 Å².